The van der Waals surface area contributed by atoms with Crippen LogP contribution in [0.5, 0.6) is 0 Å². The van der Waals surface area contributed by atoms with E-state index in [-0.39, 0.29) is 12.2 Å². The van der Waals surface area contributed by atoms with Gasteiger partial charge in [0, 0.05) is 17.8 Å². The molecule has 0 amide bonds. The SMILES string of the molecule is Cc1cc(C)n(CC(C)C)c(=O)c1CO. The number of nitrogens with zero attached hydrogens (tertiary/aromatic N) is 1. The third-order valence-electron chi connectivity index (χ3n) is 2.54. The summed E-state index contributed by atoms with van der Waals surface area (Å²) in [6.07, 6.45) is 0. The fraction of sp³-hybridized carbons (Fsp3) is 0.583. The molecule has 0 saturated heterocycles. The van der Waals surface area contributed by atoms with Gasteiger partial charge in [0.15, 0.2) is 0 Å². The third-order valence-corrected chi connectivity index (χ3v) is 2.54. The number of hydrogen-bond donors (Lipinski definition) is 1. The molecule has 3 nitrogen and oxygen atoms in total. The Labute approximate surface area is 90.4 Å². The summed E-state index contributed by atoms with van der Waals surface area (Å²) in [5.41, 5.74) is 2.30. The minimum Gasteiger partial charge on any atom is -0.391 e. The van der Waals surface area contributed by atoms with Gasteiger partial charge in [0.1, 0.15) is 0 Å². The summed E-state index contributed by atoms with van der Waals surface area (Å²) in [5, 5.41) is 9.14. The largest absolute Gasteiger partial charge is 0.391 e. The Kier molecular flexibility index (Phi) is 3.69. The molecule has 0 unspecified atom stereocenters. The molecule has 0 fully saturated rings. The van der Waals surface area contributed by atoms with Crippen molar-refractivity contribution >= 4 is 0 Å². The van der Waals surface area contributed by atoms with E-state index in [4.69, 9.17) is 5.11 Å². The van der Waals surface area contributed by atoms with E-state index in [0.29, 0.717) is 18.0 Å². The Morgan fingerprint density at radius 2 is 2.00 bits per heavy atom. The monoisotopic (exact) mass is 209 g/mol. The average molecular weight is 209 g/mol. The Hall–Kier alpha value is -1.09. The van der Waals surface area contributed by atoms with Crippen LogP contribution in [0.2, 0.25) is 0 Å². The van der Waals surface area contributed by atoms with Crippen molar-refractivity contribution in [3.05, 3.63) is 33.2 Å². The van der Waals surface area contributed by atoms with Gasteiger partial charge in [-0.15, -0.1) is 0 Å². The van der Waals surface area contributed by atoms with Crippen molar-refractivity contribution in [1.82, 2.24) is 4.57 Å². The van der Waals surface area contributed by atoms with Crippen LogP contribution in [0, 0.1) is 19.8 Å². The molecular weight excluding hydrogens is 190 g/mol. The molecule has 1 N–H and O–H groups in total. The number of aliphatic hydroxyl groups is 1. The van der Waals surface area contributed by atoms with Crippen LogP contribution in [0.15, 0.2) is 10.9 Å². The second-order valence-corrected chi connectivity index (χ2v) is 4.42. The van der Waals surface area contributed by atoms with E-state index in [1.54, 1.807) is 4.57 Å². The highest BCUT2D eigenvalue weighted by Gasteiger charge is 2.10. The van der Waals surface area contributed by atoms with Gasteiger partial charge in [0.05, 0.1) is 6.61 Å². The van der Waals surface area contributed by atoms with Gasteiger partial charge in [0.25, 0.3) is 5.56 Å². The molecule has 0 aromatic carbocycles. The van der Waals surface area contributed by atoms with Gasteiger partial charge in [0.2, 0.25) is 0 Å². The fourth-order valence-corrected chi connectivity index (χ4v) is 1.75. The minimum atomic E-state index is -0.178. The van der Waals surface area contributed by atoms with Gasteiger partial charge in [-0.3, -0.25) is 4.79 Å². The summed E-state index contributed by atoms with van der Waals surface area (Å²) in [7, 11) is 0. The van der Waals surface area contributed by atoms with Crippen molar-refractivity contribution in [3.63, 3.8) is 0 Å². The number of aryl methyl sites for hydroxylation is 2. The lowest BCUT2D eigenvalue weighted by molar-refractivity contribution is 0.277. The molecule has 0 aliphatic rings. The molecule has 0 atom stereocenters. The number of aliphatic hydroxyl groups excluding tert-OH is 1. The predicted molar refractivity (Wildman–Crippen MR) is 60.9 cm³/mol. The van der Waals surface area contributed by atoms with Crippen LogP contribution < -0.4 is 5.56 Å². The zero-order chi connectivity index (χ0) is 11.6. The first-order chi connectivity index (χ1) is 6.97. The highest BCUT2D eigenvalue weighted by Crippen LogP contribution is 2.08. The number of pyridine rings is 1. The lowest BCUT2D eigenvalue weighted by Gasteiger charge is -2.15. The smallest absolute Gasteiger partial charge is 0.256 e. The van der Waals surface area contributed by atoms with E-state index in [0.717, 1.165) is 11.3 Å². The van der Waals surface area contributed by atoms with Crippen LogP contribution in [0.3, 0.4) is 0 Å². The molecule has 0 bridgehead atoms. The molecule has 0 radical (unpaired) electrons. The molecule has 0 aliphatic carbocycles. The van der Waals surface area contributed by atoms with Crippen LogP contribution in [-0.2, 0) is 13.2 Å². The first-order valence-electron chi connectivity index (χ1n) is 5.28. The average Bonchev–Trinajstić information content (AvgIpc) is 2.12. The van der Waals surface area contributed by atoms with Crippen LogP contribution >= 0.6 is 0 Å². The maximum atomic E-state index is 12.0. The van der Waals surface area contributed by atoms with Gasteiger partial charge in [-0.2, -0.15) is 0 Å². The van der Waals surface area contributed by atoms with Gasteiger partial charge in [-0.25, -0.2) is 0 Å². The molecule has 84 valence electrons. The van der Waals surface area contributed by atoms with Crippen molar-refractivity contribution in [3.8, 4) is 0 Å². The van der Waals surface area contributed by atoms with E-state index >= 15 is 0 Å². The molecule has 1 aromatic heterocycles. The first kappa shape index (κ1) is 12.0. The number of aromatic nitrogens is 1. The fourth-order valence-electron chi connectivity index (χ4n) is 1.75. The zero-order valence-electron chi connectivity index (χ0n) is 9.87. The summed E-state index contributed by atoms with van der Waals surface area (Å²) in [6, 6.07) is 1.95. The Balaban J connectivity index is 3.33. The normalized spacial score (nSPS) is 11.1. The topological polar surface area (TPSA) is 42.2 Å². The van der Waals surface area contributed by atoms with E-state index in [1.807, 2.05) is 19.9 Å². The molecular formula is C12H19NO2. The molecule has 3 heteroatoms. The lowest BCUT2D eigenvalue weighted by atomic mass is 10.1. The zero-order valence-corrected chi connectivity index (χ0v) is 9.87. The standard InChI is InChI=1S/C12H19NO2/c1-8(2)6-13-10(4)5-9(3)11(7-14)12(13)15/h5,8,14H,6-7H2,1-4H3. The van der Waals surface area contributed by atoms with Crippen LogP contribution in [0.4, 0.5) is 0 Å². The Morgan fingerprint density at radius 3 is 2.47 bits per heavy atom. The van der Waals surface area contributed by atoms with Gasteiger partial charge in [-0.1, -0.05) is 13.8 Å². The summed E-state index contributed by atoms with van der Waals surface area (Å²) in [4.78, 5) is 12.0. The second kappa shape index (κ2) is 4.62. The molecule has 1 rings (SSSR count). The molecule has 1 aromatic rings. The van der Waals surface area contributed by atoms with E-state index in [1.165, 1.54) is 0 Å². The van der Waals surface area contributed by atoms with E-state index in [2.05, 4.69) is 13.8 Å². The number of rotatable bonds is 3. The first-order valence-corrected chi connectivity index (χ1v) is 5.28. The lowest BCUT2D eigenvalue weighted by Crippen LogP contribution is -2.28. The van der Waals surface area contributed by atoms with Crippen LogP contribution in [0.1, 0.15) is 30.7 Å². The molecule has 0 saturated carbocycles. The predicted octanol–water partition coefficient (Wildman–Crippen LogP) is 1.61. The van der Waals surface area contributed by atoms with Crippen molar-refractivity contribution in [2.45, 2.75) is 40.8 Å². The summed E-state index contributed by atoms with van der Waals surface area (Å²) in [6.45, 7) is 8.47. The van der Waals surface area contributed by atoms with Gasteiger partial charge in [-0.05, 0) is 31.4 Å². The van der Waals surface area contributed by atoms with Gasteiger partial charge >= 0.3 is 0 Å². The van der Waals surface area contributed by atoms with Crippen molar-refractivity contribution in [1.29, 1.82) is 0 Å². The van der Waals surface area contributed by atoms with Crippen molar-refractivity contribution < 1.29 is 5.11 Å². The third kappa shape index (κ3) is 2.48. The maximum absolute atomic E-state index is 12.0. The number of hydrogen-bond acceptors (Lipinski definition) is 2. The van der Waals surface area contributed by atoms with E-state index < -0.39 is 0 Å². The summed E-state index contributed by atoms with van der Waals surface area (Å²) < 4.78 is 1.74. The van der Waals surface area contributed by atoms with Gasteiger partial charge < -0.3 is 9.67 Å². The maximum Gasteiger partial charge on any atom is 0.256 e. The second-order valence-electron chi connectivity index (χ2n) is 4.42. The quantitative estimate of drug-likeness (QED) is 0.821. The molecule has 1 heterocycles. The van der Waals surface area contributed by atoms with Crippen LogP contribution in [0.25, 0.3) is 0 Å². The molecule has 0 aliphatic heterocycles. The summed E-state index contributed by atoms with van der Waals surface area (Å²) >= 11 is 0. The van der Waals surface area contributed by atoms with Crippen molar-refractivity contribution in [2.24, 2.45) is 5.92 Å². The molecule has 0 spiro atoms. The van der Waals surface area contributed by atoms with Crippen LogP contribution in [-0.4, -0.2) is 9.67 Å². The Bertz CT molecular complexity index is 405. The van der Waals surface area contributed by atoms with E-state index in [9.17, 15) is 4.79 Å². The highest BCUT2D eigenvalue weighted by atomic mass is 16.3. The minimum absolute atomic E-state index is 0.0521. The Morgan fingerprint density at radius 1 is 1.40 bits per heavy atom. The van der Waals surface area contributed by atoms with Crippen molar-refractivity contribution in [2.75, 3.05) is 0 Å². The molecule has 15 heavy (non-hydrogen) atoms. The summed E-state index contributed by atoms with van der Waals surface area (Å²) in [5.74, 6) is 0.427. The highest BCUT2D eigenvalue weighted by molar-refractivity contribution is 5.25.